The molecule has 0 bridgehead atoms. The van der Waals surface area contributed by atoms with Gasteiger partial charge in [0.2, 0.25) is 0 Å². The van der Waals surface area contributed by atoms with Gasteiger partial charge in [-0.25, -0.2) is 0 Å². The van der Waals surface area contributed by atoms with Gasteiger partial charge in [0.1, 0.15) is 11.5 Å². The number of alkyl halides is 3. The first-order valence-electron chi connectivity index (χ1n) is 14.0. The number of hydrogen-bond donors (Lipinski definition) is 1. The highest BCUT2D eigenvalue weighted by Crippen LogP contribution is 2.42. The van der Waals surface area contributed by atoms with Crippen molar-refractivity contribution in [2.75, 3.05) is 33.8 Å². The number of benzene rings is 2. The zero-order valence-corrected chi connectivity index (χ0v) is 24.5. The molecule has 1 saturated heterocycles. The van der Waals surface area contributed by atoms with Crippen molar-refractivity contribution < 1.29 is 37.3 Å². The maximum Gasteiger partial charge on any atom is 0.430 e. The predicted octanol–water partition coefficient (Wildman–Crippen LogP) is 5.72. The maximum atomic E-state index is 14.2. The van der Waals surface area contributed by atoms with Gasteiger partial charge >= 0.3 is 6.18 Å². The first-order chi connectivity index (χ1) is 19.2. The third kappa shape index (κ3) is 7.93. The number of hydrogen-bond acceptors (Lipinski definition) is 5. The number of carbonyl (C=O) groups excluding carboxylic acids is 2. The predicted molar refractivity (Wildman–Crippen MR) is 150 cm³/mol. The van der Waals surface area contributed by atoms with Crippen LogP contribution in [0.3, 0.4) is 0 Å². The molecule has 2 aromatic carbocycles. The normalized spacial score (nSPS) is 15.9. The number of halogens is 3. The smallest absolute Gasteiger partial charge is 0.430 e. The molecule has 7 nitrogen and oxygen atoms in total. The van der Waals surface area contributed by atoms with Gasteiger partial charge < -0.3 is 24.4 Å². The molecule has 41 heavy (non-hydrogen) atoms. The van der Waals surface area contributed by atoms with Crippen LogP contribution in [0.4, 0.5) is 13.2 Å². The summed E-state index contributed by atoms with van der Waals surface area (Å²) in [6, 6.07) is 10.4. The van der Waals surface area contributed by atoms with E-state index in [4.69, 9.17) is 9.47 Å². The maximum absolute atomic E-state index is 14.2. The molecule has 0 saturated carbocycles. The zero-order valence-electron chi connectivity index (χ0n) is 24.5. The van der Waals surface area contributed by atoms with Crippen molar-refractivity contribution in [3.05, 3.63) is 59.2 Å². The largest absolute Gasteiger partial charge is 0.494 e. The fraction of sp³-hybridized carbons (Fsp3) is 0.548. The van der Waals surface area contributed by atoms with Gasteiger partial charge in [0.25, 0.3) is 17.4 Å². The third-order valence-corrected chi connectivity index (χ3v) is 7.35. The lowest BCUT2D eigenvalue weighted by Crippen LogP contribution is -2.57. The molecule has 0 aliphatic carbocycles. The van der Waals surface area contributed by atoms with E-state index >= 15 is 0 Å². The number of rotatable bonds is 11. The number of nitrogens with zero attached hydrogens (tertiary/aromatic N) is 2. The minimum Gasteiger partial charge on any atom is -0.494 e. The van der Waals surface area contributed by atoms with E-state index in [0.717, 1.165) is 41.9 Å². The Kier molecular flexibility index (Phi) is 10.7. The van der Waals surface area contributed by atoms with Crippen molar-refractivity contribution >= 4 is 11.8 Å². The molecular formula is C31H41F3N2O5. The van der Waals surface area contributed by atoms with E-state index in [1.165, 1.54) is 17.0 Å². The molecule has 2 aromatic rings. The van der Waals surface area contributed by atoms with Gasteiger partial charge in [-0.2, -0.15) is 13.2 Å². The molecule has 1 atom stereocenters. The van der Waals surface area contributed by atoms with Crippen LogP contribution in [0.1, 0.15) is 67.4 Å². The highest BCUT2D eigenvalue weighted by Gasteiger charge is 2.62. The zero-order chi connectivity index (χ0) is 30.4. The summed E-state index contributed by atoms with van der Waals surface area (Å²) in [6.07, 6.45) is -1.78. The van der Waals surface area contributed by atoms with E-state index in [1.807, 2.05) is 13.0 Å². The van der Waals surface area contributed by atoms with Gasteiger partial charge in [-0.1, -0.05) is 18.6 Å². The van der Waals surface area contributed by atoms with Crippen LogP contribution in [0.5, 0.6) is 11.5 Å². The first-order valence-corrected chi connectivity index (χ1v) is 14.0. The topological polar surface area (TPSA) is 79.3 Å². The molecule has 0 spiro atoms. The van der Waals surface area contributed by atoms with Crippen LogP contribution in [0.2, 0.25) is 0 Å². The van der Waals surface area contributed by atoms with Crippen LogP contribution in [-0.4, -0.2) is 72.8 Å². The van der Waals surface area contributed by atoms with Crippen molar-refractivity contribution in [2.24, 2.45) is 5.92 Å². The van der Waals surface area contributed by atoms with E-state index < -0.39 is 23.2 Å². The Balaban J connectivity index is 1.49. The quantitative estimate of drug-likeness (QED) is 0.345. The number of ether oxygens (including phenoxy) is 2. The molecule has 226 valence electrons. The van der Waals surface area contributed by atoms with Crippen molar-refractivity contribution in [1.82, 2.24) is 9.80 Å². The van der Waals surface area contributed by atoms with Crippen molar-refractivity contribution in [1.29, 1.82) is 0 Å². The molecule has 2 amide bonds. The van der Waals surface area contributed by atoms with E-state index in [1.54, 1.807) is 40.1 Å². The summed E-state index contributed by atoms with van der Waals surface area (Å²) >= 11 is 0. The minimum atomic E-state index is -5.20. The number of carbonyl (C=O) groups is 2. The van der Waals surface area contributed by atoms with Crippen LogP contribution >= 0.6 is 0 Å². The molecule has 1 fully saturated rings. The van der Waals surface area contributed by atoms with Crippen LogP contribution in [0.15, 0.2) is 42.5 Å². The number of likely N-dealkylation sites (tertiary alicyclic amines) is 1. The molecule has 0 aromatic heterocycles. The molecule has 10 heteroatoms. The molecule has 0 unspecified atom stereocenters. The second-order valence-corrected chi connectivity index (χ2v) is 11.2. The molecule has 3 rings (SSSR count). The summed E-state index contributed by atoms with van der Waals surface area (Å²) in [5.41, 5.74) is -2.72. The summed E-state index contributed by atoms with van der Waals surface area (Å²) in [5, 5.41) is 10.8. The standard InChI is InChI=1S/C31H41F3N2O5/c1-21(2)41-26-11-8-10-24(20-26)30(39,31(32,33)34)29(38)36-16-14-23(15-17-36)9-6-7-18-40-25-12-13-27(22(3)19-25)28(37)35(4)5/h8,10-13,19-21,23,39H,6-7,9,14-18H2,1-5H3/t30-/m0/s1. The Morgan fingerprint density at radius 2 is 1.73 bits per heavy atom. The minimum absolute atomic E-state index is 0.0599. The van der Waals surface area contributed by atoms with Crippen molar-refractivity contribution in [3.63, 3.8) is 0 Å². The van der Waals surface area contributed by atoms with Crippen molar-refractivity contribution in [3.8, 4) is 11.5 Å². The number of aryl methyl sites for hydroxylation is 1. The molecule has 1 heterocycles. The van der Waals surface area contributed by atoms with E-state index in [2.05, 4.69) is 0 Å². The Morgan fingerprint density at radius 1 is 1.05 bits per heavy atom. The Bertz CT molecular complexity index is 1190. The first kappa shape index (κ1) is 32.2. The third-order valence-electron chi connectivity index (χ3n) is 7.35. The van der Waals surface area contributed by atoms with Crippen LogP contribution in [0, 0.1) is 12.8 Å². The summed E-state index contributed by atoms with van der Waals surface area (Å²) in [4.78, 5) is 28.0. The Hall–Kier alpha value is -3.27. The van der Waals surface area contributed by atoms with Gasteiger partial charge in [0.05, 0.1) is 12.7 Å². The lowest BCUT2D eigenvalue weighted by atomic mass is 9.87. The lowest BCUT2D eigenvalue weighted by molar-refractivity contribution is -0.262. The second kappa shape index (κ2) is 13.6. The van der Waals surface area contributed by atoms with E-state index in [9.17, 15) is 27.9 Å². The average Bonchev–Trinajstić information content (AvgIpc) is 2.91. The van der Waals surface area contributed by atoms with Gasteiger partial charge in [0.15, 0.2) is 0 Å². The van der Waals surface area contributed by atoms with E-state index in [-0.39, 0.29) is 36.8 Å². The second-order valence-electron chi connectivity index (χ2n) is 11.2. The van der Waals surface area contributed by atoms with Gasteiger partial charge in [-0.05, 0) is 88.3 Å². The summed E-state index contributed by atoms with van der Waals surface area (Å²) in [5.74, 6) is -0.285. The highest BCUT2D eigenvalue weighted by atomic mass is 19.4. The molecule has 1 N–H and O–H groups in total. The summed E-state index contributed by atoms with van der Waals surface area (Å²) < 4.78 is 53.8. The number of unbranched alkanes of at least 4 members (excludes halogenated alkanes) is 1. The lowest BCUT2D eigenvalue weighted by Gasteiger charge is -2.38. The number of piperidine rings is 1. The number of aliphatic hydroxyl groups is 1. The monoisotopic (exact) mass is 578 g/mol. The Morgan fingerprint density at radius 3 is 2.32 bits per heavy atom. The average molecular weight is 579 g/mol. The van der Waals surface area contributed by atoms with E-state index in [0.29, 0.717) is 30.8 Å². The van der Waals surface area contributed by atoms with Crippen molar-refractivity contribution in [2.45, 2.75) is 70.8 Å². The fourth-order valence-electron chi connectivity index (χ4n) is 5.06. The van der Waals surface area contributed by atoms with Crippen LogP contribution in [-0.2, 0) is 10.4 Å². The fourth-order valence-corrected chi connectivity index (χ4v) is 5.06. The highest BCUT2D eigenvalue weighted by molar-refractivity contribution is 5.95. The van der Waals surface area contributed by atoms with Gasteiger partial charge in [0, 0.05) is 38.3 Å². The molecule has 1 aliphatic rings. The molecule has 0 radical (unpaired) electrons. The van der Waals surface area contributed by atoms with Crippen LogP contribution in [0.25, 0.3) is 0 Å². The Labute approximate surface area is 240 Å². The van der Waals surface area contributed by atoms with Gasteiger partial charge in [-0.15, -0.1) is 0 Å². The van der Waals surface area contributed by atoms with Gasteiger partial charge in [-0.3, -0.25) is 9.59 Å². The molecule has 1 aliphatic heterocycles. The SMILES string of the molecule is Cc1cc(OCCCCC2CCN(C(=O)[C@@](O)(c3cccc(OC(C)C)c3)C(F)(F)F)CC2)ccc1C(=O)N(C)C. The molecular weight excluding hydrogens is 537 g/mol. The number of amides is 2. The summed E-state index contributed by atoms with van der Waals surface area (Å²) in [7, 11) is 3.42. The van der Waals surface area contributed by atoms with Crippen LogP contribution < -0.4 is 9.47 Å². The summed E-state index contributed by atoms with van der Waals surface area (Å²) in [6.45, 7) is 6.16.